The number of halogens is 2. The van der Waals surface area contributed by atoms with E-state index in [4.69, 9.17) is 22.1 Å². The van der Waals surface area contributed by atoms with Gasteiger partial charge in [0.15, 0.2) is 0 Å². The molecule has 0 saturated heterocycles. The molecule has 2 rings (SSSR count). The number of nitrogens with two attached hydrogens (primary N) is 1. The van der Waals surface area contributed by atoms with Crippen molar-refractivity contribution in [2.45, 2.75) is 50.2 Å². The lowest BCUT2D eigenvalue weighted by atomic mass is 9.77. The molecule has 1 unspecified atom stereocenters. The summed E-state index contributed by atoms with van der Waals surface area (Å²) in [6.07, 6.45) is 6.00. The van der Waals surface area contributed by atoms with E-state index in [2.05, 4.69) is 0 Å². The molecule has 0 radical (unpaired) electrons. The molecule has 2 N–H and O–H groups in total. The zero-order chi connectivity index (χ0) is 13.9. The van der Waals surface area contributed by atoms with E-state index < -0.39 is 0 Å². The van der Waals surface area contributed by atoms with E-state index in [0.717, 1.165) is 31.2 Å². The Hall–Kier alpha value is -0.640. The van der Waals surface area contributed by atoms with Crippen LogP contribution in [0.1, 0.15) is 37.7 Å². The lowest BCUT2D eigenvalue weighted by Crippen LogP contribution is -2.52. The van der Waals surface area contributed by atoms with Crippen molar-refractivity contribution in [2.75, 3.05) is 7.11 Å². The van der Waals surface area contributed by atoms with Gasteiger partial charge in [-0.1, -0.05) is 43.0 Å². The molecule has 0 spiro atoms. The Kier molecular flexibility index (Phi) is 4.82. The van der Waals surface area contributed by atoms with Crippen molar-refractivity contribution in [2.24, 2.45) is 5.73 Å². The quantitative estimate of drug-likeness (QED) is 0.915. The van der Waals surface area contributed by atoms with Crippen LogP contribution >= 0.6 is 11.6 Å². The molecule has 1 aromatic rings. The van der Waals surface area contributed by atoms with Crippen molar-refractivity contribution in [3.8, 4) is 0 Å². The first kappa shape index (κ1) is 14.8. The monoisotopic (exact) mass is 285 g/mol. The average molecular weight is 286 g/mol. The van der Waals surface area contributed by atoms with Gasteiger partial charge in [0.1, 0.15) is 5.82 Å². The summed E-state index contributed by atoms with van der Waals surface area (Å²) in [6.45, 7) is 0. The first-order valence-corrected chi connectivity index (χ1v) is 7.20. The smallest absolute Gasteiger partial charge is 0.142 e. The largest absolute Gasteiger partial charge is 0.377 e. The van der Waals surface area contributed by atoms with Gasteiger partial charge in [0.25, 0.3) is 0 Å². The molecule has 1 aromatic carbocycles. The predicted molar refractivity (Wildman–Crippen MR) is 75.9 cm³/mol. The lowest BCUT2D eigenvalue weighted by Gasteiger charge is -2.41. The average Bonchev–Trinajstić information content (AvgIpc) is 2.44. The fraction of sp³-hybridized carbons (Fsp3) is 0.600. The van der Waals surface area contributed by atoms with Crippen molar-refractivity contribution in [1.82, 2.24) is 0 Å². The van der Waals surface area contributed by atoms with Gasteiger partial charge >= 0.3 is 0 Å². The minimum Gasteiger partial charge on any atom is -0.377 e. The van der Waals surface area contributed by atoms with Crippen LogP contribution in [0.4, 0.5) is 4.39 Å². The van der Waals surface area contributed by atoms with Crippen LogP contribution in [-0.4, -0.2) is 18.8 Å². The molecule has 1 fully saturated rings. The van der Waals surface area contributed by atoms with Crippen LogP contribution < -0.4 is 5.73 Å². The van der Waals surface area contributed by atoms with Gasteiger partial charge in [0.2, 0.25) is 0 Å². The standard InChI is InChI=1S/C15H21ClFNO/c1-19-15(8-3-2-4-9-15)13(18)10-11-6-5-7-12(17)14(11)16/h5-7,13H,2-4,8-10,18H2,1H3. The highest BCUT2D eigenvalue weighted by molar-refractivity contribution is 6.31. The van der Waals surface area contributed by atoms with Gasteiger partial charge in [-0.2, -0.15) is 0 Å². The number of ether oxygens (including phenoxy) is 1. The maximum atomic E-state index is 13.4. The first-order chi connectivity index (χ1) is 9.09. The first-order valence-electron chi connectivity index (χ1n) is 6.83. The van der Waals surface area contributed by atoms with Gasteiger partial charge in [-0.25, -0.2) is 4.39 Å². The van der Waals surface area contributed by atoms with Crippen molar-refractivity contribution in [1.29, 1.82) is 0 Å². The van der Waals surface area contributed by atoms with E-state index in [1.165, 1.54) is 12.5 Å². The minimum absolute atomic E-state index is 0.155. The van der Waals surface area contributed by atoms with Gasteiger partial charge in [0, 0.05) is 13.2 Å². The second-order valence-electron chi connectivity index (χ2n) is 5.35. The summed E-state index contributed by atoms with van der Waals surface area (Å²) in [5.41, 5.74) is 6.82. The summed E-state index contributed by atoms with van der Waals surface area (Å²) < 4.78 is 19.2. The van der Waals surface area contributed by atoms with Gasteiger partial charge in [-0.3, -0.25) is 0 Å². The minimum atomic E-state index is -0.388. The zero-order valence-corrected chi connectivity index (χ0v) is 12.0. The molecule has 0 aromatic heterocycles. The van der Waals surface area contributed by atoms with Crippen LogP contribution in [0.2, 0.25) is 5.02 Å². The van der Waals surface area contributed by atoms with Crippen LogP contribution in [0.3, 0.4) is 0 Å². The molecule has 0 heterocycles. The Morgan fingerprint density at radius 2 is 2.05 bits per heavy atom. The number of methoxy groups -OCH3 is 1. The third kappa shape index (κ3) is 3.10. The number of benzene rings is 1. The van der Waals surface area contributed by atoms with E-state index in [0.29, 0.717) is 6.42 Å². The van der Waals surface area contributed by atoms with Gasteiger partial charge < -0.3 is 10.5 Å². The summed E-state index contributed by atoms with van der Waals surface area (Å²) >= 11 is 5.99. The fourth-order valence-corrected chi connectivity index (χ4v) is 3.21. The highest BCUT2D eigenvalue weighted by Gasteiger charge is 2.38. The zero-order valence-electron chi connectivity index (χ0n) is 11.3. The summed E-state index contributed by atoms with van der Waals surface area (Å²) in [5, 5.41) is 0.181. The maximum Gasteiger partial charge on any atom is 0.142 e. The second-order valence-corrected chi connectivity index (χ2v) is 5.73. The molecule has 1 saturated carbocycles. The third-order valence-electron chi connectivity index (χ3n) is 4.25. The topological polar surface area (TPSA) is 35.2 Å². The Labute approximate surface area is 119 Å². The van der Waals surface area contributed by atoms with Crippen molar-refractivity contribution < 1.29 is 9.13 Å². The van der Waals surface area contributed by atoms with E-state index in [-0.39, 0.29) is 22.5 Å². The van der Waals surface area contributed by atoms with E-state index >= 15 is 0 Å². The highest BCUT2D eigenvalue weighted by atomic mass is 35.5. The highest BCUT2D eigenvalue weighted by Crippen LogP contribution is 2.35. The van der Waals surface area contributed by atoms with E-state index in [9.17, 15) is 4.39 Å². The Bertz CT molecular complexity index is 432. The molecule has 2 nitrogen and oxygen atoms in total. The summed E-state index contributed by atoms with van der Waals surface area (Å²) in [5.74, 6) is -0.388. The molecule has 4 heteroatoms. The molecule has 1 aliphatic carbocycles. The lowest BCUT2D eigenvalue weighted by molar-refractivity contribution is -0.0582. The molecule has 0 bridgehead atoms. The third-order valence-corrected chi connectivity index (χ3v) is 4.68. The van der Waals surface area contributed by atoms with Crippen LogP contribution in [0, 0.1) is 5.82 Å². The summed E-state index contributed by atoms with van der Waals surface area (Å²) in [6, 6.07) is 4.71. The molecule has 1 aliphatic rings. The Morgan fingerprint density at radius 3 is 2.68 bits per heavy atom. The molecule has 19 heavy (non-hydrogen) atoms. The number of rotatable bonds is 4. The normalized spacial score (nSPS) is 20.2. The second kappa shape index (κ2) is 6.21. The molecular formula is C15H21ClFNO. The van der Waals surface area contributed by atoms with E-state index in [1.54, 1.807) is 13.2 Å². The van der Waals surface area contributed by atoms with Crippen molar-refractivity contribution in [3.63, 3.8) is 0 Å². The van der Waals surface area contributed by atoms with Crippen LogP contribution in [0.25, 0.3) is 0 Å². The summed E-state index contributed by atoms with van der Waals surface area (Å²) in [4.78, 5) is 0. The molecule has 0 aliphatic heterocycles. The number of hydrogen-bond donors (Lipinski definition) is 1. The predicted octanol–water partition coefficient (Wildman–Crippen LogP) is 3.70. The van der Waals surface area contributed by atoms with Gasteiger partial charge in [0.05, 0.1) is 10.6 Å². The Morgan fingerprint density at radius 1 is 1.37 bits per heavy atom. The molecule has 106 valence electrons. The molecule has 1 atom stereocenters. The van der Waals surface area contributed by atoms with Gasteiger partial charge in [-0.05, 0) is 30.9 Å². The fourth-order valence-electron chi connectivity index (χ4n) is 3.01. The van der Waals surface area contributed by atoms with E-state index in [1.807, 2.05) is 6.07 Å². The van der Waals surface area contributed by atoms with Crippen molar-refractivity contribution in [3.05, 3.63) is 34.6 Å². The van der Waals surface area contributed by atoms with Crippen LogP contribution in [0.5, 0.6) is 0 Å². The SMILES string of the molecule is COC1(C(N)Cc2cccc(F)c2Cl)CCCCC1. The van der Waals surface area contributed by atoms with Gasteiger partial charge in [-0.15, -0.1) is 0 Å². The molecule has 0 amide bonds. The Balaban J connectivity index is 2.15. The van der Waals surface area contributed by atoms with Crippen LogP contribution in [0.15, 0.2) is 18.2 Å². The number of hydrogen-bond acceptors (Lipinski definition) is 2. The molecular weight excluding hydrogens is 265 g/mol. The summed E-state index contributed by atoms with van der Waals surface area (Å²) in [7, 11) is 1.72. The van der Waals surface area contributed by atoms with Crippen molar-refractivity contribution >= 4 is 11.6 Å². The maximum absolute atomic E-state index is 13.4. The van der Waals surface area contributed by atoms with Crippen LogP contribution in [-0.2, 0) is 11.2 Å².